The van der Waals surface area contributed by atoms with Crippen molar-refractivity contribution >= 4 is 64.4 Å². The average molecular weight is 866 g/mol. The van der Waals surface area contributed by atoms with Gasteiger partial charge >= 0.3 is 13.8 Å². The molecule has 0 saturated carbocycles. The fourth-order valence-electron chi connectivity index (χ4n) is 5.92. The molecule has 0 spiro atoms. The monoisotopic (exact) mass is 865 g/mol. The maximum Gasteiger partial charge on any atom is 0.524 e. The number of thiazole rings is 1. The largest absolute Gasteiger partial charge is 0.524 e. The van der Waals surface area contributed by atoms with E-state index >= 15 is 0 Å². The van der Waals surface area contributed by atoms with Crippen LogP contribution in [0.25, 0.3) is 0 Å². The second-order valence-corrected chi connectivity index (χ2v) is 18.9. The Kier molecular flexibility index (Phi) is 20.0. The first-order chi connectivity index (χ1) is 26.9. The van der Waals surface area contributed by atoms with Gasteiger partial charge in [-0.1, -0.05) is 70.0 Å². The van der Waals surface area contributed by atoms with Gasteiger partial charge in [-0.3, -0.25) is 29.0 Å². The van der Waals surface area contributed by atoms with Gasteiger partial charge in [0.05, 0.1) is 0 Å². The summed E-state index contributed by atoms with van der Waals surface area (Å²) < 4.78 is 21.7. The predicted molar refractivity (Wildman–Crippen MR) is 225 cm³/mol. The molecule has 0 aliphatic heterocycles. The Balaban J connectivity index is 1.73. The van der Waals surface area contributed by atoms with E-state index < -0.39 is 37.8 Å². The minimum absolute atomic E-state index is 0.0106. The number of rotatable bonds is 24. The summed E-state index contributed by atoms with van der Waals surface area (Å²) in [7, 11) is 0.264. The van der Waals surface area contributed by atoms with E-state index in [-0.39, 0.29) is 47.6 Å². The number of phosphoric ester groups is 1. The highest BCUT2D eigenvalue weighted by Gasteiger charge is 2.31. The van der Waals surface area contributed by atoms with E-state index in [0.29, 0.717) is 30.8 Å². The number of nitrogens with one attached hydrogen (secondary N) is 2. The fraction of sp³-hybridized carbons (Fsp3) is 0.538. The maximum absolute atomic E-state index is 13.8. The number of carbonyl (C=O) groups is 4. The highest BCUT2D eigenvalue weighted by atomic mass is 33.1. The lowest BCUT2D eigenvalue weighted by Gasteiger charge is -2.34. The summed E-state index contributed by atoms with van der Waals surface area (Å²) in [6.07, 6.45) is 3.88. The van der Waals surface area contributed by atoms with E-state index in [1.54, 1.807) is 64.2 Å². The quantitative estimate of drug-likeness (QED) is 0.0305. The summed E-state index contributed by atoms with van der Waals surface area (Å²) in [6.45, 7) is 11.7. The molecule has 3 aromatic rings. The van der Waals surface area contributed by atoms with Crippen LogP contribution in [0.15, 0.2) is 59.1 Å². The number of pyridine rings is 1. The van der Waals surface area contributed by atoms with Gasteiger partial charge in [-0.05, 0) is 71.7 Å². The summed E-state index contributed by atoms with van der Waals surface area (Å²) in [5, 5.41) is 8.95. The molecular weight excluding hydrogens is 810 g/mol. The molecule has 0 fully saturated rings. The van der Waals surface area contributed by atoms with Gasteiger partial charge in [0.15, 0.2) is 6.10 Å². The number of amides is 3. The van der Waals surface area contributed by atoms with Gasteiger partial charge in [0, 0.05) is 68.7 Å². The Bertz CT molecular complexity index is 1780. The zero-order valence-corrected chi connectivity index (χ0v) is 36.9. The minimum atomic E-state index is -4.74. The summed E-state index contributed by atoms with van der Waals surface area (Å²) >= 11 is 1.18. The van der Waals surface area contributed by atoms with Gasteiger partial charge in [-0.15, -0.1) is 11.3 Å². The third-order valence-electron chi connectivity index (χ3n) is 9.21. The standard InChI is InChI=1S/C39H56N5O9PS3/c1-8-26(4)20-36(46)44(7)33(25(2)3)23-34(52-28(6)45)39-43-32(24-55-39)38(48)42-30(22-29-13-15-31(16-14-29)53-54(49,50)51)21-27(5)37(47)41-18-11-19-56-57-35-12-9-10-17-40-35/h9-10,12-17,24-27,30,33-34H,8,11,18-23H2,1-7H3,(H,41,47)(H,42,48)(H2,49,50,51)/t26-,27?,30+,33+,34+/m0/s1. The third-order valence-corrected chi connectivity index (χ3v) is 12.9. The number of hydrogen-bond acceptors (Lipinski definition) is 12. The van der Waals surface area contributed by atoms with Gasteiger partial charge < -0.3 is 24.8 Å². The smallest absolute Gasteiger partial charge is 0.455 e. The molecule has 1 unspecified atom stereocenters. The second kappa shape index (κ2) is 23.8. The van der Waals surface area contributed by atoms with E-state index in [2.05, 4.69) is 25.1 Å². The van der Waals surface area contributed by atoms with Crippen molar-refractivity contribution in [3.05, 3.63) is 70.3 Å². The van der Waals surface area contributed by atoms with Crippen LogP contribution in [0.1, 0.15) is 101 Å². The number of phosphoric acid groups is 1. The molecule has 0 radical (unpaired) electrons. The topological polar surface area (TPSA) is 197 Å². The summed E-state index contributed by atoms with van der Waals surface area (Å²) in [6, 6.07) is 11.1. The van der Waals surface area contributed by atoms with Crippen molar-refractivity contribution in [3.8, 4) is 5.75 Å². The number of hydrogen-bond donors (Lipinski definition) is 4. The first-order valence-corrected chi connectivity index (χ1v) is 23.7. The number of aromatic nitrogens is 2. The van der Waals surface area contributed by atoms with Crippen LogP contribution in [-0.2, 0) is 30.1 Å². The van der Waals surface area contributed by atoms with Gasteiger partial charge in [0.25, 0.3) is 5.91 Å². The van der Waals surface area contributed by atoms with E-state index in [9.17, 15) is 33.5 Å². The Labute approximate surface area is 347 Å². The molecular formula is C39H56N5O9PS3. The molecule has 2 heterocycles. The minimum Gasteiger partial charge on any atom is -0.455 e. The van der Waals surface area contributed by atoms with Crippen LogP contribution in [-0.4, -0.2) is 79.8 Å². The van der Waals surface area contributed by atoms with Crippen molar-refractivity contribution in [3.63, 3.8) is 0 Å². The number of carbonyl (C=O) groups excluding carboxylic acids is 4. The van der Waals surface area contributed by atoms with Crippen LogP contribution in [0.2, 0.25) is 0 Å². The van der Waals surface area contributed by atoms with Crippen molar-refractivity contribution in [2.45, 2.75) is 103 Å². The number of nitrogens with zero attached hydrogens (tertiary/aromatic N) is 3. The summed E-state index contributed by atoms with van der Waals surface area (Å²) in [4.78, 5) is 81.3. The molecule has 0 saturated heterocycles. The van der Waals surface area contributed by atoms with Gasteiger partial charge in [0.2, 0.25) is 11.8 Å². The van der Waals surface area contributed by atoms with E-state index in [4.69, 9.17) is 4.74 Å². The molecule has 18 heteroatoms. The van der Waals surface area contributed by atoms with Crippen molar-refractivity contribution in [1.29, 1.82) is 0 Å². The Morgan fingerprint density at radius 3 is 2.37 bits per heavy atom. The molecule has 2 aromatic heterocycles. The van der Waals surface area contributed by atoms with Crippen LogP contribution >= 0.6 is 40.7 Å². The molecule has 5 atom stereocenters. The van der Waals surface area contributed by atoms with Gasteiger partial charge in [0.1, 0.15) is 21.5 Å². The van der Waals surface area contributed by atoms with Crippen LogP contribution in [0.4, 0.5) is 0 Å². The van der Waals surface area contributed by atoms with Crippen molar-refractivity contribution in [2.75, 3.05) is 19.3 Å². The normalized spacial score (nSPS) is 14.2. The van der Waals surface area contributed by atoms with Crippen molar-refractivity contribution < 1.29 is 42.8 Å². The van der Waals surface area contributed by atoms with Gasteiger partial charge in [-0.2, -0.15) is 0 Å². The molecule has 1 aromatic carbocycles. The fourth-order valence-corrected chi connectivity index (χ4v) is 9.12. The zero-order valence-electron chi connectivity index (χ0n) is 33.6. The molecule has 0 bridgehead atoms. The maximum atomic E-state index is 13.8. The molecule has 14 nitrogen and oxygen atoms in total. The van der Waals surface area contributed by atoms with Crippen LogP contribution < -0.4 is 15.2 Å². The molecule has 3 amide bonds. The molecule has 3 rings (SSSR count). The number of esters is 1. The Hall–Kier alpha value is -3.47. The highest BCUT2D eigenvalue weighted by molar-refractivity contribution is 8.76. The Morgan fingerprint density at radius 1 is 1.04 bits per heavy atom. The third kappa shape index (κ3) is 17.5. The van der Waals surface area contributed by atoms with Crippen LogP contribution in [0.5, 0.6) is 5.75 Å². The number of benzene rings is 1. The lowest BCUT2D eigenvalue weighted by Crippen LogP contribution is -2.42. The first kappa shape index (κ1) is 47.9. The average Bonchev–Trinajstić information content (AvgIpc) is 3.65. The van der Waals surface area contributed by atoms with Crippen LogP contribution in [0, 0.1) is 17.8 Å². The summed E-state index contributed by atoms with van der Waals surface area (Å²) in [5.41, 5.74) is 0.844. The zero-order chi connectivity index (χ0) is 42.1. The molecule has 314 valence electrons. The lowest BCUT2D eigenvalue weighted by atomic mass is 9.95. The van der Waals surface area contributed by atoms with Crippen molar-refractivity contribution in [2.24, 2.45) is 17.8 Å². The predicted octanol–water partition coefficient (Wildman–Crippen LogP) is 7.24. The van der Waals surface area contributed by atoms with Crippen LogP contribution in [0.3, 0.4) is 0 Å². The molecule has 0 aliphatic rings. The number of ether oxygens (including phenoxy) is 1. The molecule has 4 N–H and O–H groups in total. The van der Waals surface area contributed by atoms with Crippen molar-refractivity contribution in [1.82, 2.24) is 25.5 Å². The first-order valence-electron chi connectivity index (χ1n) is 19.0. The second-order valence-electron chi connectivity index (χ2n) is 14.4. The molecule has 0 aliphatic carbocycles. The summed E-state index contributed by atoms with van der Waals surface area (Å²) in [5.74, 6) is -0.539. The molecule has 57 heavy (non-hydrogen) atoms. The van der Waals surface area contributed by atoms with Gasteiger partial charge in [-0.25, -0.2) is 14.5 Å². The highest BCUT2D eigenvalue weighted by Crippen LogP contribution is 2.37. The van der Waals surface area contributed by atoms with E-state index in [1.807, 2.05) is 45.9 Å². The SMILES string of the molecule is CC[C@H](C)CC(=O)N(C)[C@H](C[C@@H](OC(C)=O)c1nc(C(=O)N[C@@H](Cc2ccc(OP(=O)(O)O)cc2)CC(C)C(=O)NCCCSSc2ccccn2)cs1)C(C)C. The van der Waals surface area contributed by atoms with E-state index in [1.165, 1.54) is 30.4 Å². The Morgan fingerprint density at radius 2 is 1.75 bits per heavy atom. The van der Waals surface area contributed by atoms with E-state index in [0.717, 1.165) is 29.2 Å². The lowest BCUT2D eigenvalue weighted by molar-refractivity contribution is -0.148.